The van der Waals surface area contributed by atoms with Crippen LogP contribution in [0.15, 0.2) is 35.5 Å². The van der Waals surface area contributed by atoms with E-state index in [0.717, 1.165) is 55.4 Å². The van der Waals surface area contributed by atoms with Crippen molar-refractivity contribution in [1.82, 2.24) is 0 Å². The highest BCUT2D eigenvalue weighted by Gasteiger charge is 2.50. The lowest BCUT2D eigenvalue weighted by molar-refractivity contribution is 0.0596. The van der Waals surface area contributed by atoms with E-state index < -0.39 is 5.60 Å². The highest BCUT2D eigenvalue weighted by Crippen LogP contribution is 2.59. The fourth-order valence-corrected chi connectivity index (χ4v) is 6.63. The van der Waals surface area contributed by atoms with E-state index in [0.29, 0.717) is 5.41 Å². The molecule has 3 rings (SSSR count). The van der Waals surface area contributed by atoms with Crippen LogP contribution in [0.3, 0.4) is 0 Å². The van der Waals surface area contributed by atoms with Crippen molar-refractivity contribution in [2.75, 3.05) is 0 Å². The van der Waals surface area contributed by atoms with Gasteiger partial charge in [0, 0.05) is 0 Å². The highest BCUT2D eigenvalue weighted by atomic mass is 16.3. The second kappa shape index (κ2) is 9.10. The van der Waals surface area contributed by atoms with Crippen molar-refractivity contribution in [3.05, 3.63) is 35.5 Å². The molecule has 0 heterocycles. The molecule has 0 spiro atoms. The standard InChI is InChI=1S/C27H44O2/c1-19(8-6-16-26(3,4)29)23-14-15-24-22(9-7-17-27(23,24)5)13-12-21-11-10-20(2)25(28)18-21/h12-13,19,23-25,28-29H,2,6-11,14-18H2,1,3-5H3/t19-,23-,24+,25-,27-/m1/s1. The van der Waals surface area contributed by atoms with Crippen molar-refractivity contribution in [2.24, 2.45) is 23.2 Å². The van der Waals surface area contributed by atoms with Crippen molar-refractivity contribution in [3.8, 4) is 0 Å². The van der Waals surface area contributed by atoms with Gasteiger partial charge < -0.3 is 10.2 Å². The number of fused-ring (bicyclic) bond motifs is 1. The zero-order valence-electron chi connectivity index (χ0n) is 19.3. The summed E-state index contributed by atoms with van der Waals surface area (Å²) in [5, 5.41) is 20.1. The number of allylic oxidation sites excluding steroid dienone is 3. The van der Waals surface area contributed by atoms with Crippen molar-refractivity contribution < 1.29 is 10.2 Å². The number of hydrogen-bond donors (Lipinski definition) is 2. The van der Waals surface area contributed by atoms with Gasteiger partial charge >= 0.3 is 0 Å². The third-order valence-electron chi connectivity index (χ3n) is 8.40. The molecule has 0 aromatic carbocycles. The molecule has 0 amide bonds. The van der Waals surface area contributed by atoms with Gasteiger partial charge in [-0.1, -0.05) is 56.6 Å². The van der Waals surface area contributed by atoms with E-state index in [1.54, 1.807) is 5.57 Å². The first-order valence-corrected chi connectivity index (χ1v) is 12.1. The Morgan fingerprint density at radius 3 is 2.66 bits per heavy atom. The summed E-state index contributed by atoms with van der Waals surface area (Å²) in [5.74, 6) is 2.29. The third-order valence-corrected chi connectivity index (χ3v) is 8.40. The largest absolute Gasteiger partial charge is 0.390 e. The molecule has 0 saturated heterocycles. The molecule has 0 aromatic heterocycles. The van der Waals surface area contributed by atoms with Crippen LogP contribution in [0.1, 0.15) is 98.3 Å². The summed E-state index contributed by atoms with van der Waals surface area (Å²) in [6.45, 7) is 12.9. The molecule has 5 atom stereocenters. The Hall–Kier alpha value is -0.860. The first-order valence-electron chi connectivity index (χ1n) is 12.1. The molecular formula is C27H44O2. The quantitative estimate of drug-likeness (QED) is 0.485. The van der Waals surface area contributed by atoms with Crippen molar-refractivity contribution in [3.63, 3.8) is 0 Å². The highest BCUT2D eigenvalue weighted by molar-refractivity contribution is 5.28. The van der Waals surface area contributed by atoms with Gasteiger partial charge in [0.15, 0.2) is 0 Å². The molecule has 3 aliphatic carbocycles. The molecule has 3 saturated carbocycles. The Labute approximate surface area is 179 Å². The molecule has 164 valence electrons. The lowest BCUT2D eigenvalue weighted by Gasteiger charge is -2.44. The van der Waals surface area contributed by atoms with Crippen molar-refractivity contribution >= 4 is 0 Å². The second-order valence-electron chi connectivity index (χ2n) is 11.2. The first-order chi connectivity index (χ1) is 13.6. The normalized spacial score (nSPS) is 37.2. The summed E-state index contributed by atoms with van der Waals surface area (Å²) < 4.78 is 0. The predicted octanol–water partition coefficient (Wildman–Crippen LogP) is 6.73. The molecule has 0 unspecified atom stereocenters. The van der Waals surface area contributed by atoms with Crippen LogP contribution in [0.2, 0.25) is 0 Å². The van der Waals surface area contributed by atoms with Gasteiger partial charge in [0.05, 0.1) is 11.7 Å². The van der Waals surface area contributed by atoms with E-state index in [1.807, 2.05) is 13.8 Å². The lowest BCUT2D eigenvalue weighted by Crippen LogP contribution is -2.36. The molecule has 0 aliphatic heterocycles. The molecular weight excluding hydrogens is 356 g/mol. The van der Waals surface area contributed by atoms with Crippen LogP contribution in [-0.4, -0.2) is 21.9 Å². The third kappa shape index (κ3) is 5.44. The summed E-state index contributed by atoms with van der Waals surface area (Å²) in [7, 11) is 0. The maximum atomic E-state index is 10.1. The number of rotatable bonds is 6. The first kappa shape index (κ1) is 22.8. The molecule has 2 N–H and O–H groups in total. The van der Waals surface area contributed by atoms with Crippen LogP contribution in [-0.2, 0) is 0 Å². The monoisotopic (exact) mass is 400 g/mol. The molecule has 3 fully saturated rings. The van der Waals surface area contributed by atoms with Crippen molar-refractivity contribution in [2.45, 2.75) is 110 Å². The molecule has 29 heavy (non-hydrogen) atoms. The second-order valence-corrected chi connectivity index (χ2v) is 11.2. The fourth-order valence-electron chi connectivity index (χ4n) is 6.63. The maximum absolute atomic E-state index is 10.1. The van der Waals surface area contributed by atoms with E-state index in [1.165, 1.54) is 44.1 Å². The lowest BCUT2D eigenvalue weighted by atomic mass is 9.60. The van der Waals surface area contributed by atoms with Gasteiger partial charge in [-0.15, -0.1) is 0 Å². The fraction of sp³-hybridized carbons (Fsp3) is 0.778. The zero-order valence-corrected chi connectivity index (χ0v) is 19.3. The van der Waals surface area contributed by atoms with Crippen molar-refractivity contribution in [1.29, 1.82) is 0 Å². The Morgan fingerprint density at radius 2 is 1.97 bits per heavy atom. The zero-order chi connectivity index (χ0) is 21.2. The molecule has 2 nitrogen and oxygen atoms in total. The molecule has 0 aromatic rings. The van der Waals surface area contributed by atoms with Gasteiger partial charge in [0.2, 0.25) is 0 Å². The molecule has 0 bridgehead atoms. The SMILES string of the molecule is C=C1CCC(=CC=C2CCC[C@]3(C)[C@@H]([C@H](C)CCCC(C)(C)O)CC[C@@H]23)C[C@H]1O. The number of aliphatic hydroxyl groups excluding tert-OH is 1. The number of aliphatic hydroxyl groups is 2. The van der Waals surface area contributed by atoms with Crippen LogP contribution in [0.4, 0.5) is 0 Å². The van der Waals surface area contributed by atoms with Crippen LogP contribution in [0.25, 0.3) is 0 Å². The van der Waals surface area contributed by atoms with E-state index in [4.69, 9.17) is 0 Å². The van der Waals surface area contributed by atoms with E-state index in [9.17, 15) is 10.2 Å². The average molecular weight is 401 g/mol. The summed E-state index contributed by atoms with van der Waals surface area (Å²) in [5.41, 5.74) is 3.96. The minimum atomic E-state index is -0.533. The van der Waals surface area contributed by atoms with Crippen LogP contribution < -0.4 is 0 Å². The number of hydrogen-bond acceptors (Lipinski definition) is 2. The molecule has 0 radical (unpaired) electrons. The summed E-state index contributed by atoms with van der Waals surface area (Å²) >= 11 is 0. The Bertz CT molecular complexity index is 650. The Balaban J connectivity index is 1.65. The summed E-state index contributed by atoms with van der Waals surface area (Å²) in [6, 6.07) is 0. The summed E-state index contributed by atoms with van der Waals surface area (Å²) in [4.78, 5) is 0. The van der Waals surface area contributed by atoms with Gasteiger partial charge in [0.1, 0.15) is 0 Å². The van der Waals surface area contributed by atoms with E-state index in [2.05, 4.69) is 32.6 Å². The maximum Gasteiger partial charge on any atom is 0.0784 e. The molecule has 2 heteroatoms. The smallest absolute Gasteiger partial charge is 0.0784 e. The topological polar surface area (TPSA) is 40.5 Å². The minimum absolute atomic E-state index is 0.342. The van der Waals surface area contributed by atoms with Gasteiger partial charge in [-0.05, 0) is 100 Å². The Kier molecular flexibility index (Phi) is 7.16. The van der Waals surface area contributed by atoms with E-state index >= 15 is 0 Å². The van der Waals surface area contributed by atoms with Gasteiger partial charge in [-0.25, -0.2) is 0 Å². The molecule has 3 aliphatic rings. The van der Waals surface area contributed by atoms with E-state index in [-0.39, 0.29) is 6.10 Å². The minimum Gasteiger partial charge on any atom is -0.390 e. The summed E-state index contributed by atoms with van der Waals surface area (Å²) in [6.07, 6.45) is 17.1. The van der Waals surface area contributed by atoms with Gasteiger partial charge in [0.25, 0.3) is 0 Å². The predicted molar refractivity (Wildman–Crippen MR) is 123 cm³/mol. The van der Waals surface area contributed by atoms with Crippen LogP contribution in [0, 0.1) is 23.2 Å². The van der Waals surface area contributed by atoms with Crippen LogP contribution >= 0.6 is 0 Å². The van der Waals surface area contributed by atoms with Gasteiger partial charge in [-0.3, -0.25) is 0 Å². The van der Waals surface area contributed by atoms with Crippen LogP contribution in [0.5, 0.6) is 0 Å². The Morgan fingerprint density at radius 1 is 1.21 bits per heavy atom. The van der Waals surface area contributed by atoms with Gasteiger partial charge in [-0.2, -0.15) is 0 Å². The average Bonchev–Trinajstić information content (AvgIpc) is 2.99.